The van der Waals surface area contributed by atoms with Gasteiger partial charge in [-0.25, -0.2) is 0 Å². The van der Waals surface area contributed by atoms with Crippen LogP contribution in [0.1, 0.15) is 36.5 Å². The number of carbonyl (C=O) groups is 1. The molecule has 1 atom stereocenters. The van der Waals surface area contributed by atoms with Crippen molar-refractivity contribution < 1.29 is 4.79 Å². The Balaban J connectivity index is 2.41. The van der Waals surface area contributed by atoms with Crippen LogP contribution in [-0.4, -0.2) is 12.5 Å². The summed E-state index contributed by atoms with van der Waals surface area (Å²) in [4.78, 5) is 12.0. The number of nitrogens with one attached hydrogen (secondary N) is 1. The number of aryl methyl sites for hydroxylation is 2. The van der Waals surface area contributed by atoms with Crippen molar-refractivity contribution in [1.29, 1.82) is 0 Å². The first-order valence-corrected chi connectivity index (χ1v) is 5.90. The van der Waals surface area contributed by atoms with Crippen LogP contribution in [0.15, 0.2) is 18.2 Å². The predicted molar refractivity (Wildman–Crippen MR) is 65.5 cm³/mol. The van der Waals surface area contributed by atoms with Crippen molar-refractivity contribution in [2.24, 2.45) is 0 Å². The molecular formula is C14H19NO. The van der Waals surface area contributed by atoms with E-state index in [1.165, 1.54) is 11.1 Å². The van der Waals surface area contributed by atoms with Gasteiger partial charge < -0.3 is 5.32 Å². The van der Waals surface area contributed by atoms with E-state index in [0.29, 0.717) is 0 Å². The standard InChI is InChI=1S/C14H19NO/c1-10-5-6-12(9-11(10)2)14(3)7-4-8-15-13(14)16/h5-6,9H,4,7-8H2,1-3H3,(H,15,16). The molecular weight excluding hydrogens is 198 g/mol. The van der Waals surface area contributed by atoms with Crippen LogP contribution in [0.3, 0.4) is 0 Å². The van der Waals surface area contributed by atoms with Crippen LogP contribution in [0.5, 0.6) is 0 Å². The fraction of sp³-hybridized carbons (Fsp3) is 0.500. The fourth-order valence-corrected chi connectivity index (χ4v) is 2.31. The highest BCUT2D eigenvalue weighted by Crippen LogP contribution is 2.32. The van der Waals surface area contributed by atoms with Crippen LogP contribution in [0, 0.1) is 13.8 Å². The molecule has 0 spiro atoms. The Kier molecular flexibility index (Phi) is 2.75. The Morgan fingerprint density at radius 3 is 2.62 bits per heavy atom. The average molecular weight is 217 g/mol. The molecule has 1 aromatic carbocycles. The summed E-state index contributed by atoms with van der Waals surface area (Å²) >= 11 is 0. The fourth-order valence-electron chi connectivity index (χ4n) is 2.31. The van der Waals surface area contributed by atoms with Crippen molar-refractivity contribution in [2.75, 3.05) is 6.54 Å². The summed E-state index contributed by atoms with van der Waals surface area (Å²) in [5.74, 6) is 0.169. The van der Waals surface area contributed by atoms with E-state index in [9.17, 15) is 4.79 Å². The summed E-state index contributed by atoms with van der Waals surface area (Å²) in [5, 5.41) is 2.97. The first kappa shape index (κ1) is 11.2. The summed E-state index contributed by atoms with van der Waals surface area (Å²) in [5.41, 5.74) is 3.35. The summed E-state index contributed by atoms with van der Waals surface area (Å²) in [6, 6.07) is 6.35. The van der Waals surface area contributed by atoms with Crippen LogP contribution in [0.4, 0.5) is 0 Å². The van der Waals surface area contributed by atoms with Gasteiger partial charge in [0.05, 0.1) is 5.41 Å². The normalized spacial score (nSPS) is 25.3. The number of benzene rings is 1. The number of piperidine rings is 1. The van der Waals surface area contributed by atoms with Crippen molar-refractivity contribution in [3.05, 3.63) is 34.9 Å². The molecule has 0 radical (unpaired) electrons. The van der Waals surface area contributed by atoms with Crippen LogP contribution < -0.4 is 5.32 Å². The van der Waals surface area contributed by atoms with Gasteiger partial charge in [-0.1, -0.05) is 18.2 Å². The van der Waals surface area contributed by atoms with Gasteiger partial charge >= 0.3 is 0 Å². The second-order valence-corrected chi connectivity index (χ2v) is 4.99. The van der Waals surface area contributed by atoms with Gasteiger partial charge in [-0.3, -0.25) is 4.79 Å². The maximum Gasteiger partial charge on any atom is 0.230 e. The summed E-state index contributed by atoms with van der Waals surface area (Å²) in [6.45, 7) is 7.07. The van der Waals surface area contributed by atoms with Gasteiger partial charge in [0.2, 0.25) is 5.91 Å². The van der Waals surface area contributed by atoms with Crippen molar-refractivity contribution in [1.82, 2.24) is 5.32 Å². The lowest BCUT2D eigenvalue weighted by atomic mass is 9.75. The molecule has 86 valence electrons. The van der Waals surface area contributed by atoms with Gasteiger partial charge in [-0.15, -0.1) is 0 Å². The third-order valence-corrected chi connectivity index (χ3v) is 3.78. The minimum atomic E-state index is -0.337. The van der Waals surface area contributed by atoms with Crippen LogP contribution in [0.25, 0.3) is 0 Å². The number of hydrogen-bond donors (Lipinski definition) is 1. The highest BCUT2D eigenvalue weighted by atomic mass is 16.2. The molecule has 1 aromatic rings. The van der Waals surface area contributed by atoms with Gasteiger partial charge in [0.15, 0.2) is 0 Å². The Bertz CT molecular complexity index is 425. The molecule has 1 amide bonds. The largest absolute Gasteiger partial charge is 0.355 e. The summed E-state index contributed by atoms with van der Waals surface area (Å²) < 4.78 is 0. The summed E-state index contributed by atoms with van der Waals surface area (Å²) in [6.07, 6.45) is 2.01. The molecule has 1 fully saturated rings. The molecule has 1 heterocycles. The molecule has 1 unspecified atom stereocenters. The molecule has 1 saturated heterocycles. The molecule has 0 aromatic heterocycles. The SMILES string of the molecule is Cc1ccc(C2(C)CCCNC2=O)cc1C. The Labute approximate surface area is 97.1 Å². The molecule has 1 N–H and O–H groups in total. The smallest absolute Gasteiger partial charge is 0.230 e. The molecule has 0 aliphatic carbocycles. The molecule has 2 nitrogen and oxygen atoms in total. The van der Waals surface area contributed by atoms with Crippen LogP contribution in [0.2, 0.25) is 0 Å². The maximum absolute atomic E-state index is 12.0. The van der Waals surface area contributed by atoms with E-state index in [1.807, 2.05) is 6.92 Å². The minimum absolute atomic E-state index is 0.169. The van der Waals surface area contributed by atoms with E-state index in [-0.39, 0.29) is 11.3 Å². The molecule has 1 aliphatic heterocycles. The first-order chi connectivity index (χ1) is 7.54. The maximum atomic E-state index is 12.0. The zero-order valence-electron chi connectivity index (χ0n) is 10.3. The third kappa shape index (κ3) is 1.73. The quantitative estimate of drug-likeness (QED) is 0.769. The van der Waals surface area contributed by atoms with Gasteiger partial charge in [0, 0.05) is 6.54 Å². The molecule has 0 bridgehead atoms. The van der Waals surface area contributed by atoms with Crippen molar-refractivity contribution in [2.45, 2.75) is 39.0 Å². The van der Waals surface area contributed by atoms with E-state index in [0.717, 1.165) is 24.9 Å². The third-order valence-electron chi connectivity index (χ3n) is 3.78. The Morgan fingerprint density at radius 1 is 1.25 bits per heavy atom. The average Bonchev–Trinajstić information content (AvgIpc) is 2.26. The van der Waals surface area contributed by atoms with E-state index in [2.05, 4.69) is 37.4 Å². The number of hydrogen-bond acceptors (Lipinski definition) is 1. The lowest BCUT2D eigenvalue weighted by molar-refractivity contribution is -0.128. The Morgan fingerprint density at radius 2 is 2.00 bits per heavy atom. The van der Waals surface area contributed by atoms with Gasteiger partial charge in [0.1, 0.15) is 0 Å². The monoisotopic (exact) mass is 217 g/mol. The second-order valence-electron chi connectivity index (χ2n) is 4.99. The number of amides is 1. The van der Waals surface area contributed by atoms with Gasteiger partial charge in [-0.05, 0) is 50.3 Å². The van der Waals surface area contributed by atoms with Crippen molar-refractivity contribution in [3.63, 3.8) is 0 Å². The highest BCUT2D eigenvalue weighted by molar-refractivity contribution is 5.88. The summed E-state index contributed by atoms with van der Waals surface area (Å²) in [7, 11) is 0. The van der Waals surface area contributed by atoms with Crippen molar-refractivity contribution in [3.8, 4) is 0 Å². The molecule has 2 heteroatoms. The predicted octanol–water partition coefficient (Wildman–Crippen LogP) is 2.47. The lowest BCUT2D eigenvalue weighted by Gasteiger charge is -2.33. The van der Waals surface area contributed by atoms with Gasteiger partial charge in [-0.2, -0.15) is 0 Å². The van der Waals surface area contributed by atoms with Gasteiger partial charge in [0.25, 0.3) is 0 Å². The zero-order valence-corrected chi connectivity index (χ0v) is 10.3. The number of carbonyl (C=O) groups excluding carboxylic acids is 1. The van der Waals surface area contributed by atoms with Crippen LogP contribution in [-0.2, 0) is 10.2 Å². The Hall–Kier alpha value is -1.31. The molecule has 2 rings (SSSR count). The van der Waals surface area contributed by atoms with E-state index >= 15 is 0 Å². The van der Waals surface area contributed by atoms with E-state index in [4.69, 9.17) is 0 Å². The number of rotatable bonds is 1. The molecule has 0 saturated carbocycles. The molecule has 16 heavy (non-hydrogen) atoms. The van der Waals surface area contributed by atoms with E-state index in [1.54, 1.807) is 0 Å². The van der Waals surface area contributed by atoms with Crippen LogP contribution >= 0.6 is 0 Å². The lowest BCUT2D eigenvalue weighted by Crippen LogP contribution is -2.47. The first-order valence-electron chi connectivity index (χ1n) is 5.90. The second kappa shape index (κ2) is 3.93. The van der Waals surface area contributed by atoms with Crippen molar-refractivity contribution >= 4 is 5.91 Å². The molecule has 1 aliphatic rings. The zero-order chi connectivity index (χ0) is 11.8. The van der Waals surface area contributed by atoms with E-state index < -0.39 is 0 Å². The minimum Gasteiger partial charge on any atom is -0.355 e. The topological polar surface area (TPSA) is 29.1 Å². The highest BCUT2D eigenvalue weighted by Gasteiger charge is 2.37.